The highest BCUT2D eigenvalue weighted by molar-refractivity contribution is 6.06. The molecule has 2 N–H and O–H groups in total. The van der Waals surface area contributed by atoms with Crippen molar-refractivity contribution in [3.63, 3.8) is 0 Å². The normalized spacial score (nSPS) is 13.3. The van der Waals surface area contributed by atoms with Gasteiger partial charge in [0, 0.05) is 5.39 Å². The van der Waals surface area contributed by atoms with Gasteiger partial charge in [-0.15, -0.1) is 0 Å². The Hall–Kier alpha value is -2.94. The molecule has 1 unspecified atom stereocenters. The number of rotatable bonds is 4. The van der Waals surface area contributed by atoms with E-state index in [1.165, 1.54) is 6.07 Å². The number of para-hydroxylation sites is 1. The second-order valence-electron chi connectivity index (χ2n) is 5.81. The predicted molar refractivity (Wildman–Crippen MR) is 85.0 cm³/mol. The minimum absolute atomic E-state index is 0.148. The van der Waals surface area contributed by atoms with Crippen LogP contribution in [0.1, 0.15) is 41.6 Å². The third-order valence-electron chi connectivity index (χ3n) is 3.93. The van der Waals surface area contributed by atoms with E-state index in [4.69, 9.17) is 0 Å². The lowest BCUT2D eigenvalue weighted by Crippen LogP contribution is -2.49. The first-order valence-corrected chi connectivity index (χ1v) is 7.15. The predicted octanol–water partition coefficient (Wildman–Crippen LogP) is 2.60. The Morgan fingerprint density at radius 2 is 2.00 bits per heavy atom. The summed E-state index contributed by atoms with van der Waals surface area (Å²) in [6.45, 7) is 5.20. The van der Waals surface area contributed by atoms with Gasteiger partial charge in [0.15, 0.2) is 0 Å². The van der Waals surface area contributed by atoms with Crippen molar-refractivity contribution in [3.8, 4) is 6.07 Å². The van der Waals surface area contributed by atoms with Crippen LogP contribution in [0.25, 0.3) is 10.9 Å². The summed E-state index contributed by atoms with van der Waals surface area (Å²) in [7, 11) is 0. The van der Waals surface area contributed by atoms with Gasteiger partial charge in [-0.3, -0.25) is 4.79 Å². The number of carboxylic acids is 1. The quantitative estimate of drug-likeness (QED) is 0.903. The zero-order valence-corrected chi connectivity index (χ0v) is 13.1. The molecule has 1 atom stereocenters. The zero-order valence-electron chi connectivity index (χ0n) is 13.1. The van der Waals surface area contributed by atoms with Crippen molar-refractivity contribution in [2.45, 2.75) is 26.3 Å². The van der Waals surface area contributed by atoms with E-state index in [-0.39, 0.29) is 17.2 Å². The first-order valence-electron chi connectivity index (χ1n) is 7.15. The summed E-state index contributed by atoms with van der Waals surface area (Å²) in [4.78, 5) is 28.1. The number of amides is 1. The van der Waals surface area contributed by atoms with Crippen LogP contribution in [0.2, 0.25) is 0 Å². The summed E-state index contributed by atoms with van der Waals surface area (Å²) in [6.07, 6.45) is 0. The fraction of sp³-hybridized carbons (Fsp3) is 0.294. The van der Waals surface area contributed by atoms with Crippen LogP contribution in [0.4, 0.5) is 0 Å². The van der Waals surface area contributed by atoms with Gasteiger partial charge in [-0.2, -0.15) is 5.26 Å². The number of nitriles is 1. The van der Waals surface area contributed by atoms with E-state index in [9.17, 15) is 20.0 Å². The van der Waals surface area contributed by atoms with E-state index >= 15 is 0 Å². The number of carbonyl (C=O) groups is 2. The van der Waals surface area contributed by atoms with Gasteiger partial charge < -0.3 is 10.4 Å². The zero-order chi connectivity index (χ0) is 17.2. The molecule has 0 saturated heterocycles. The number of nitrogens with zero attached hydrogens (tertiary/aromatic N) is 2. The van der Waals surface area contributed by atoms with Gasteiger partial charge in [0.2, 0.25) is 0 Å². The van der Waals surface area contributed by atoms with E-state index in [0.29, 0.717) is 10.9 Å². The summed E-state index contributed by atoms with van der Waals surface area (Å²) in [5.74, 6) is -2.06. The van der Waals surface area contributed by atoms with Crippen molar-refractivity contribution in [2.24, 2.45) is 5.92 Å². The number of nitrogens with one attached hydrogen (secondary N) is 1. The lowest BCUT2D eigenvalue weighted by atomic mass is 9.90. The van der Waals surface area contributed by atoms with E-state index in [0.717, 1.165) is 0 Å². The number of fused-ring (bicyclic) bond motifs is 1. The van der Waals surface area contributed by atoms with E-state index < -0.39 is 17.4 Å². The summed E-state index contributed by atoms with van der Waals surface area (Å²) in [6, 6.07) is 10.4. The number of hydrogen-bond donors (Lipinski definition) is 2. The molecule has 6 nitrogen and oxygen atoms in total. The number of carbonyl (C=O) groups excluding carboxylic acids is 1. The van der Waals surface area contributed by atoms with E-state index in [2.05, 4.69) is 16.4 Å². The molecule has 1 aromatic heterocycles. The Balaban J connectivity index is 2.53. The molecular formula is C17H17N3O3. The molecule has 1 heterocycles. The van der Waals surface area contributed by atoms with Crippen LogP contribution in [-0.2, 0) is 0 Å². The van der Waals surface area contributed by atoms with Crippen molar-refractivity contribution in [1.82, 2.24) is 10.3 Å². The first kappa shape index (κ1) is 16.4. The minimum atomic E-state index is -1.24. The molecule has 0 aliphatic carbocycles. The van der Waals surface area contributed by atoms with Crippen molar-refractivity contribution in [1.29, 1.82) is 5.26 Å². The van der Waals surface area contributed by atoms with Crippen LogP contribution in [-0.4, -0.2) is 27.5 Å². The molecule has 1 aromatic carbocycles. The lowest BCUT2D eigenvalue weighted by molar-refractivity contribution is 0.0688. The fourth-order valence-corrected chi connectivity index (χ4v) is 2.05. The highest BCUT2D eigenvalue weighted by Gasteiger charge is 2.32. The Labute approximate surface area is 133 Å². The number of aromatic nitrogens is 1. The Morgan fingerprint density at radius 3 is 2.57 bits per heavy atom. The monoisotopic (exact) mass is 311 g/mol. The van der Waals surface area contributed by atoms with Crippen molar-refractivity contribution in [2.75, 3.05) is 0 Å². The average Bonchev–Trinajstić information content (AvgIpc) is 2.53. The molecule has 0 fully saturated rings. The second kappa shape index (κ2) is 6.05. The minimum Gasteiger partial charge on any atom is -0.478 e. The number of pyridine rings is 1. The molecule has 0 radical (unpaired) electrons. The van der Waals surface area contributed by atoms with Crippen LogP contribution < -0.4 is 5.32 Å². The maximum absolute atomic E-state index is 12.5. The summed E-state index contributed by atoms with van der Waals surface area (Å²) in [5.41, 5.74) is -0.977. The van der Waals surface area contributed by atoms with Crippen LogP contribution in [0.15, 0.2) is 30.3 Å². The molecule has 0 spiro atoms. The van der Waals surface area contributed by atoms with Gasteiger partial charge in [0.1, 0.15) is 11.2 Å². The van der Waals surface area contributed by atoms with Gasteiger partial charge >= 0.3 is 5.97 Å². The molecule has 0 bridgehead atoms. The fourth-order valence-electron chi connectivity index (χ4n) is 2.05. The second-order valence-corrected chi connectivity index (χ2v) is 5.81. The smallest absolute Gasteiger partial charge is 0.338 e. The molecular weight excluding hydrogens is 294 g/mol. The van der Waals surface area contributed by atoms with Gasteiger partial charge in [-0.05, 0) is 25.0 Å². The highest BCUT2D eigenvalue weighted by Crippen LogP contribution is 2.20. The summed E-state index contributed by atoms with van der Waals surface area (Å²) >= 11 is 0. The third kappa shape index (κ3) is 3.14. The maximum Gasteiger partial charge on any atom is 0.338 e. The van der Waals surface area contributed by atoms with Crippen molar-refractivity contribution >= 4 is 22.8 Å². The van der Waals surface area contributed by atoms with Crippen LogP contribution in [0.3, 0.4) is 0 Å². The van der Waals surface area contributed by atoms with Gasteiger partial charge in [-0.25, -0.2) is 9.78 Å². The summed E-state index contributed by atoms with van der Waals surface area (Å²) in [5, 5.41) is 21.9. The Kier molecular flexibility index (Phi) is 4.32. The molecule has 118 valence electrons. The molecule has 23 heavy (non-hydrogen) atoms. The largest absolute Gasteiger partial charge is 0.478 e. The van der Waals surface area contributed by atoms with E-state index in [1.807, 2.05) is 0 Å². The molecule has 0 aliphatic rings. The lowest BCUT2D eigenvalue weighted by Gasteiger charge is -2.27. The molecule has 2 rings (SSSR count). The van der Waals surface area contributed by atoms with E-state index in [1.54, 1.807) is 45.0 Å². The Morgan fingerprint density at radius 1 is 1.35 bits per heavy atom. The number of aromatic carboxylic acids is 1. The highest BCUT2D eigenvalue weighted by atomic mass is 16.4. The maximum atomic E-state index is 12.5. The number of hydrogen-bond acceptors (Lipinski definition) is 4. The topological polar surface area (TPSA) is 103 Å². The van der Waals surface area contributed by atoms with Gasteiger partial charge in [-0.1, -0.05) is 32.0 Å². The van der Waals surface area contributed by atoms with Gasteiger partial charge in [0.25, 0.3) is 5.91 Å². The standard InChI is InChI=1S/C17H17N3O3/c1-10(2)17(3,9-18)20-15(21)14-12(16(22)23)8-11-6-4-5-7-13(11)19-14/h4-8,10H,1-3H3,(H,20,21)(H,22,23). The van der Waals surface area contributed by atoms with Crippen molar-refractivity contribution in [3.05, 3.63) is 41.6 Å². The molecule has 2 aromatic rings. The average molecular weight is 311 g/mol. The Bertz CT molecular complexity index is 823. The van der Waals surface area contributed by atoms with Crippen LogP contribution >= 0.6 is 0 Å². The van der Waals surface area contributed by atoms with Crippen molar-refractivity contribution < 1.29 is 14.7 Å². The van der Waals surface area contributed by atoms with Crippen LogP contribution in [0, 0.1) is 17.2 Å². The first-order chi connectivity index (χ1) is 10.8. The molecule has 1 amide bonds. The molecule has 6 heteroatoms. The SMILES string of the molecule is CC(C)C(C)(C#N)NC(=O)c1nc2ccccc2cc1C(=O)O. The molecule has 0 aliphatic heterocycles. The number of benzene rings is 1. The number of carboxylic acid groups (broad SMARTS) is 1. The third-order valence-corrected chi connectivity index (χ3v) is 3.93. The van der Waals surface area contributed by atoms with Gasteiger partial charge in [0.05, 0.1) is 17.1 Å². The van der Waals surface area contributed by atoms with Crippen LogP contribution in [0.5, 0.6) is 0 Å². The summed E-state index contributed by atoms with van der Waals surface area (Å²) < 4.78 is 0. The molecule has 0 saturated carbocycles.